The zero-order valence-corrected chi connectivity index (χ0v) is 15.2. The van der Waals surface area contributed by atoms with Gasteiger partial charge in [0, 0.05) is 11.8 Å². The zero-order chi connectivity index (χ0) is 19.9. The number of terminal acetylenes is 1. The molecule has 2 aromatic heterocycles. The molecule has 28 heavy (non-hydrogen) atoms. The highest BCUT2D eigenvalue weighted by molar-refractivity contribution is 5.77. The lowest BCUT2D eigenvalue weighted by Crippen LogP contribution is -2.22. The van der Waals surface area contributed by atoms with E-state index in [0.29, 0.717) is 29.0 Å². The van der Waals surface area contributed by atoms with E-state index in [4.69, 9.17) is 11.2 Å². The van der Waals surface area contributed by atoms with Crippen LogP contribution in [0.1, 0.15) is 11.1 Å². The number of fused-ring (bicyclic) bond motifs is 1. The van der Waals surface area contributed by atoms with Gasteiger partial charge in [0.05, 0.1) is 26.1 Å². The van der Waals surface area contributed by atoms with E-state index in [1.807, 2.05) is 0 Å². The normalized spacial score (nSPS) is 11.7. The van der Waals surface area contributed by atoms with Crippen LogP contribution >= 0.6 is 0 Å². The van der Waals surface area contributed by atoms with Crippen LogP contribution in [0.3, 0.4) is 0 Å². The van der Waals surface area contributed by atoms with Crippen LogP contribution < -0.4 is 5.56 Å². The van der Waals surface area contributed by atoms with Gasteiger partial charge >= 0.3 is 0 Å². The number of halogens is 1. The van der Waals surface area contributed by atoms with E-state index in [2.05, 4.69) is 20.9 Å². The fourth-order valence-corrected chi connectivity index (χ4v) is 2.66. The van der Waals surface area contributed by atoms with E-state index in [1.165, 1.54) is 30.2 Å². The molecule has 0 saturated heterocycles. The van der Waals surface area contributed by atoms with Crippen molar-refractivity contribution in [2.45, 2.75) is 13.0 Å². The third-order valence-corrected chi connectivity index (χ3v) is 4.04. The number of methoxy groups -OCH3 is 1. The van der Waals surface area contributed by atoms with Crippen LogP contribution in [-0.2, 0) is 17.7 Å². The van der Waals surface area contributed by atoms with Gasteiger partial charge in [0.1, 0.15) is 11.3 Å². The van der Waals surface area contributed by atoms with E-state index < -0.39 is 5.82 Å². The summed E-state index contributed by atoms with van der Waals surface area (Å²) in [6.07, 6.45) is 11.3. The lowest BCUT2D eigenvalue weighted by Gasteiger charge is -2.10. The first kappa shape index (κ1) is 19.0. The Morgan fingerprint density at radius 1 is 1.39 bits per heavy atom. The molecule has 0 saturated carbocycles. The number of rotatable bonds is 6. The van der Waals surface area contributed by atoms with Gasteiger partial charge in [-0.05, 0) is 36.3 Å². The van der Waals surface area contributed by atoms with Crippen molar-refractivity contribution in [1.82, 2.24) is 14.5 Å². The van der Waals surface area contributed by atoms with Crippen LogP contribution in [-0.4, -0.2) is 27.9 Å². The molecule has 7 heteroatoms. The van der Waals surface area contributed by atoms with Crippen molar-refractivity contribution in [2.75, 3.05) is 7.11 Å². The zero-order valence-electron chi connectivity index (χ0n) is 15.2. The molecule has 2 heterocycles. The van der Waals surface area contributed by atoms with Crippen molar-refractivity contribution in [3.8, 4) is 12.3 Å². The smallest absolute Gasteiger partial charge is 0.270 e. The average molecular weight is 376 g/mol. The second-order valence-electron chi connectivity index (χ2n) is 5.83. The first-order valence-electron chi connectivity index (χ1n) is 8.43. The van der Waals surface area contributed by atoms with Gasteiger partial charge in [0.2, 0.25) is 5.88 Å². The third-order valence-electron chi connectivity index (χ3n) is 4.04. The van der Waals surface area contributed by atoms with Gasteiger partial charge in [-0.3, -0.25) is 9.36 Å². The summed E-state index contributed by atoms with van der Waals surface area (Å²) in [4.78, 5) is 24.4. The Morgan fingerprint density at radius 3 is 3.00 bits per heavy atom. The van der Waals surface area contributed by atoms with Gasteiger partial charge in [0.25, 0.3) is 5.56 Å². The van der Waals surface area contributed by atoms with Gasteiger partial charge < -0.3 is 4.74 Å². The first-order valence-corrected chi connectivity index (χ1v) is 8.43. The second kappa shape index (κ2) is 8.73. The molecule has 0 amide bonds. The minimum atomic E-state index is -0.412. The Labute approximate surface area is 161 Å². The number of hydrogen-bond donors (Lipinski definition) is 0. The van der Waals surface area contributed by atoms with Gasteiger partial charge in [-0.2, -0.15) is 0 Å². The van der Waals surface area contributed by atoms with Gasteiger partial charge in [-0.1, -0.05) is 18.1 Å². The number of hydrogen-bond acceptors (Lipinski definition) is 5. The Balaban J connectivity index is 1.85. The summed E-state index contributed by atoms with van der Waals surface area (Å²) in [6, 6.07) is 8.34. The highest BCUT2D eigenvalue weighted by Gasteiger charge is 2.10. The summed E-state index contributed by atoms with van der Waals surface area (Å²) < 4.78 is 21.1. The molecular weight excluding hydrogens is 359 g/mol. The molecule has 0 aliphatic rings. The number of aromatic nitrogens is 3. The molecule has 1 aromatic carbocycles. The van der Waals surface area contributed by atoms with Crippen molar-refractivity contribution in [2.24, 2.45) is 4.99 Å². The topological polar surface area (TPSA) is 69.4 Å². The minimum Gasteiger partial charge on any atom is -0.481 e. The molecule has 0 spiro atoms. The van der Waals surface area contributed by atoms with Crippen LogP contribution in [0.5, 0.6) is 0 Å². The third kappa shape index (κ3) is 4.30. The number of pyridine rings is 1. The number of benzene rings is 1. The molecule has 0 radical (unpaired) electrons. The summed E-state index contributed by atoms with van der Waals surface area (Å²) in [5, 5.41) is 0. The van der Waals surface area contributed by atoms with E-state index >= 15 is 0 Å². The molecule has 6 nitrogen and oxygen atoms in total. The lowest BCUT2D eigenvalue weighted by atomic mass is 10.1. The van der Waals surface area contributed by atoms with E-state index in [0.717, 1.165) is 5.56 Å². The van der Waals surface area contributed by atoms with Crippen LogP contribution in [0.2, 0.25) is 0 Å². The number of nitrogens with zero attached hydrogens (tertiary/aromatic N) is 4. The van der Waals surface area contributed by atoms with Crippen molar-refractivity contribution >= 4 is 17.4 Å². The average Bonchev–Trinajstić information content (AvgIpc) is 2.71. The van der Waals surface area contributed by atoms with Gasteiger partial charge in [-0.15, -0.1) is 6.42 Å². The van der Waals surface area contributed by atoms with Crippen LogP contribution in [0.15, 0.2) is 64.5 Å². The van der Waals surface area contributed by atoms with E-state index in [1.54, 1.807) is 36.5 Å². The minimum absolute atomic E-state index is 0.0621. The van der Waals surface area contributed by atoms with Crippen molar-refractivity contribution in [3.63, 3.8) is 0 Å². The first-order chi connectivity index (χ1) is 13.6. The molecule has 3 aromatic rings. The Kier molecular flexibility index (Phi) is 5.92. The SMILES string of the molecule is C#CC=NC(=CCc1ccc(Cn2c(=O)cnc3cccnc32)c(F)c1)OC. The molecule has 3 rings (SSSR count). The summed E-state index contributed by atoms with van der Waals surface area (Å²) >= 11 is 0. The number of ether oxygens (including phenoxy) is 1. The fraction of sp³-hybridized carbons (Fsp3) is 0.143. The van der Waals surface area contributed by atoms with E-state index in [9.17, 15) is 9.18 Å². The lowest BCUT2D eigenvalue weighted by molar-refractivity contribution is 0.287. The van der Waals surface area contributed by atoms with Crippen LogP contribution in [0, 0.1) is 18.2 Å². The maximum Gasteiger partial charge on any atom is 0.270 e. The van der Waals surface area contributed by atoms with Gasteiger partial charge in [-0.25, -0.2) is 19.4 Å². The molecule has 0 fully saturated rings. The Morgan fingerprint density at radius 2 is 2.25 bits per heavy atom. The Hall–Kier alpha value is -3.79. The fourth-order valence-electron chi connectivity index (χ4n) is 2.66. The maximum atomic E-state index is 14.6. The van der Waals surface area contributed by atoms with Crippen LogP contribution in [0.4, 0.5) is 4.39 Å². The maximum absolute atomic E-state index is 14.6. The van der Waals surface area contributed by atoms with Crippen molar-refractivity contribution < 1.29 is 9.13 Å². The molecular formula is C21H17FN4O2. The van der Waals surface area contributed by atoms with Gasteiger partial charge in [0.15, 0.2) is 5.65 Å². The molecule has 0 N–H and O–H groups in total. The number of aliphatic imine (C=N–C) groups is 1. The quantitative estimate of drug-likeness (QED) is 0.377. The highest BCUT2D eigenvalue weighted by Crippen LogP contribution is 2.15. The molecule has 0 atom stereocenters. The van der Waals surface area contributed by atoms with Crippen molar-refractivity contribution in [3.05, 3.63) is 82.0 Å². The molecule has 0 aliphatic carbocycles. The predicted molar refractivity (Wildman–Crippen MR) is 105 cm³/mol. The standard InChI is InChI=1S/C21H17FN4O2/c1-3-10-23-19(28-2)9-7-15-6-8-16(17(22)12-15)14-26-20(27)13-25-18-5-4-11-24-21(18)26/h1,4-6,8-13H,7,14H2,2H3. The van der Waals surface area contributed by atoms with E-state index in [-0.39, 0.29) is 12.1 Å². The summed E-state index contributed by atoms with van der Waals surface area (Å²) in [6.45, 7) is 0.0621. The molecule has 0 aliphatic heterocycles. The molecule has 140 valence electrons. The number of allylic oxidation sites excluding steroid dienone is 1. The predicted octanol–water partition coefficient (Wildman–Crippen LogP) is 2.71. The summed E-state index contributed by atoms with van der Waals surface area (Å²) in [5.41, 5.74) is 1.76. The summed E-state index contributed by atoms with van der Waals surface area (Å²) in [7, 11) is 1.48. The highest BCUT2D eigenvalue weighted by atomic mass is 19.1. The van der Waals surface area contributed by atoms with Crippen LogP contribution in [0.25, 0.3) is 11.2 Å². The molecule has 0 unspecified atom stereocenters. The van der Waals surface area contributed by atoms with Crippen molar-refractivity contribution in [1.29, 1.82) is 0 Å². The monoisotopic (exact) mass is 376 g/mol. The largest absolute Gasteiger partial charge is 0.481 e. The summed E-state index contributed by atoms with van der Waals surface area (Å²) in [5.74, 6) is 2.22. The molecule has 0 bridgehead atoms. The Bertz CT molecular complexity index is 1160. The second-order valence-corrected chi connectivity index (χ2v) is 5.83.